The van der Waals surface area contributed by atoms with Crippen LogP contribution in [0.3, 0.4) is 0 Å². The minimum Gasteiger partial charge on any atom is -0.256 e. The summed E-state index contributed by atoms with van der Waals surface area (Å²) in [5.41, 5.74) is 9.80. The van der Waals surface area contributed by atoms with E-state index in [1.54, 1.807) is 0 Å². The number of fused-ring (bicyclic) bond motifs is 3. The van der Waals surface area contributed by atoms with Crippen molar-refractivity contribution < 1.29 is 0 Å². The minimum atomic E-state index is 0.677. The number of benzene rings is 5. The highest BCUT2D eigenvalue weighted by Gasteiger charge is 2.14. The molecule has 0 N–H and O–H groups in total. The van der Waals surface area contributed by atoms with Crippen LogP contribution >= 0.6 is 11.3 Å². The molecule has 7 rings (SSSR count). The smallest absolute Gasteiger partial charge is 0.0991 e. The van der Waals surface area contributed by atoms with Gasteiger partial charge < -0.3 is 0 Å². The second-order valence-electron chi connectivity index (χ2n) is 9.53. The van der Waals surface area contributed by atoms with E-state index >= 15 is 0 Å². The molecule has 0 saturated heterocycles. The molecule has 2 heterocycles. The Bertz CT molecular complexity index is 1980. The summed E-state index contributed by atoms with van der Waals surface area (Å²) in [6.45, 7) is 0. The predicted molar refractivity (Wildman–Crippen MR) is 164 cm³/mol. The lowest BCUT2D eigenvalue weighted by Crippen LogP contribution is -1.85. The molecule has 0 saturated carbocycles. The molecular formula is C36H22N2S. The van der Waals surface area contributed by atoms with Crippen molar-refractivity contribution in [2.24, 2.45) is 0 Å². The first-order chi connectivity index (χ1) is 19.3. The van der Waals surface area contributed by atoms with E-state index in [1.807, 2.05) is 60.0 Å². The normalized spacial score (nSPS) is 11.1. The van der Waals surface area contributed by atoms with Crippen LogP contribution in [0.15, 0.2) is 134 Å². The van der Waals surface area contributed by atoms with Crippen LogP contribution in [-0.4, -0.2) is 4.98 Å². The average molecular weight is 515 g/mol. The van der Waals surface area contributed by atoms with Gasteiger partial charge >= 0.3 is 0 Å². The van der Waals surface area contributed by atoms with Gasteiger partial charge in [-0.25, -0.2) is 0 Å². The molecule has 0 aliphatic carbocycles. The number of rotatable bonds is 4. The number of nitriles is 1. The fraction of sp³-hybridized carbons (Fsp3) is 0. The number of nitrogens with zero attached hydrogens (tertiary/aromatic N) is 2. The van der Waals surface area contributed by atoms with E-state index in [0.717, 1.165) is 27.9 Å². The van der Waals surface area contributed by atoms with Crippen molar-refractivity contribution in [3.8, 4) is 50.7 Å². The third-order valence-corrected chi connectivity index (χ3v) is 8.50. The van der Waals surface area contributed by atoms with Crippen LogP contribution in [0.25, 0.3) is 64.8 Å². The Morgan fingerprint density at radius 1 is 0.487 bits per heavy atom. The van der Waals surface area contributed by atoms with Gasteiger partial charge in [0.05, 0.1) is 17.3 Å². The van der Waals surface area contributed by atoms with Gasteiger partial charge in [0.25, 0.3) is 0 Å². The predicted octanol–water partition coefficient (Wildman–Crippen LogP) is 9.99. The van der Waals surface area contributed by atoms with Gasteiger partial charge in [-0.2, -0.15) is 5.26 Å². The molecule has 0 amide bonds. The maximum atomic E-state index is 9.19. The van der Waals surface area contributed by atoms with Crippen LogP contribution in [0.2, 0.25) is 0 Å². The molecule has 0 unspecified atom stereocenters. The van der Waals surface area contributed by atoms with Crippen molar-refractivity contribution in [2.75, 3.05) is 0 Å². The molecule has 2 nitrogen and oxygen atoms in total. The highest BCUT2D eigenvalue weighted by Crippen LogP contribution is 2.43. The van der Waals surface area contributed by atoms with E-state index in [1.165, 1.54) is 36.9 Å². The van der Waals surface area contributed by atoms with E-state index in [4.69, 9.17) is 4.98 Å². The zero-order chi connectivity index (χ0) is 26.2. The molecule has 0 aliphatic heterocycles. The van der Waals surface area contributed by atoms with Gasteiger partial charge in [0.2, 0.25) is 0 Å². The maximum absolute atomic E-state index is 9.19. The highest BCUT2D eigenvalue weighted by molar-refractivity contribution is 7.26. The zero-order valence-electron chi connectivity index (χ0n) is 21.0. The summed E-state index contributed by atoms with van der Waals surface area (Å²) in [5.74, 6) is 0. The van der Waals surface area contributed by atoms with E-state index in [2.05, 4.69) is 91.0 Å². The summed E-state index contributed by atoms with van der Waals surface area (Å²) < 4.78 is 2.56. The van der Waals surface area contributed by atoms with E-state index in [0.29, 0.717) is 5.56 Å². The van der Waals surface area contributed by atoms with Crippen LogP contribution in [0.1, 0.15) is 5.56 Å². The van der Waals surface area contributed by atoms with Crippen molar-refractivity contribution in [1.82, 2.24) is 4.98 Å². The number of hydrogen-bond donors (Lipinski definition) is 0. The number of pyridine rings is 1. The number of hydrogen-bond acceptors (Lipinski definition) is 3. The molecular weight excluding hydrogens is 492 g/mol. The quantitative estimate of drug-likeness (QED) is 0.234. The van der Waals surface area contributed by atoms with Gasteiger partial charge in [0, 0.05) is 37.5 Å². The SMILES string of the molecule is N#Cc1ccc(-c2cccc3c2sc2c(-c4ccc(-c5ccc(-c6ccccc6)nc5)cc4)cccc23)cc1. The molecule has 39 heavy (non-hydrogen) atoms. The van der Waals surface area contributed by atoms with Crippen LogP contribution in [0, 0.1) is 11.3 Å². The first-order valence-corrected chi connectivity index (χ1v) is 13.7. The van der Waals surface area contributed by atoms with Crippen LogP contribution < -0.4 is 0 Å². The van der Waals surface area contributed by atoms with Crippen LogP contribution in [0.5, 0.6) is 0 Å². The minimum absolute atomic E-state index is 0.677. The average Bonchev–Trinajstić information content (AvgIpc) is 3.41. The Hall–Kier alpha value is -5.04. The van der Waals surface area contributed by atoms with E-state index < -0.39 is 0 Å². The second kappa shape index (κ2) is 9.68. The van der Waals surface area contributed by atoms with Crippen molar-refractivity contribution in [3.63, 3.8) is 0 Å². The lowest BCUT2D eigenvalue weighted by atomic mass is 9.98. The highest BCUT2D eigenvalue weighted by atomic mass is 32.1. The van der Waals surface area contributed by atoms with Crippen molar-refractivity contribution in [2.45, 2.75) is 0 Å². The maximum Gasteiger partial charge on any atom is 0.0991 e. The third kappa shape index (κ3) is 4.18. The molecule has 2 aromatic heterocycles. The molecule has 0 fully saturated rings. The van der Waals surface area contributed by atoms with Gasteiger partial charge in [0.15, 0.2) is 0 Å². The second-order valence-corrected chi connectivity index (χ2v) is 10.6. The summed E-state index contributed by atoms with van der Waals surface area (Å²) in [6.07, 6.45) is 1.95. The van der Waals surface area contributed by atoms with Crippen molar-refractivity contribution >= 4 is 31.5 Å². The van der Waals surface area contributed by atoms with Gasteiger partial charge in [-0.05, 0) is 46.0 Å². The Morgan fingerprint density at radius 3 is 1.62 bits per heavy atom. The first-order valence-electron chi connectivity index (χ1n) is 12.9. The fourth-order valence-electron chi connectivity index (χ4n) is 5.19. The van der Waals surface area contributed by atoms with Gasteiger partial charge in [-0.15, -0.1) is 11.3 Å². The summed E-state index contributed by atoms with van der Waals surface area (Å²) in [6, 6.07) is 46.4. The first kappa shape index (κ1) is 23.1. The molecule has 3 heteroatoms. The van der Waals surface area contributed by atoms with Gasteiger partial charge in [-0.3, -0.25) is 4.98 Å². The van der Waals surface area contributed by atoms with Crippen molar-refractivity contribution in [1.29, 1.82) is 5.26 Å². The van der Waals surface area contributed by atoms with Gasteiger partial charge in [0.1, 0.15) is 0 Å². The van der Waals surface area contributed by atoms with Gasteiger partial charge in [-0.1, -0.05) is 109 Å². The van der Waals surface area contributed by atoms with E-state index in [9.17, 15) is 5.26 Å². The number of thiophene rings is 1. The molecule has 0 spiro atoms. The topological polar surface area (TPSA) is 36.7 Å². The Kier molecular flexibility index (Phi) is 5.74. The van der Waals surface area contributed by atoms with E-state index in [-0.39, 0.29) is 0 Å². The Balaban J connectivity index is 1.26. The molecule has 182 valence electrons. The third-order valence-electron chi connectivity index (χ3n) is 7.21. The lowest BCUT2D eigenvalue weighted by molar-refractivity contribution is 1.32. The molecule has 5 aromatic carbocycles. The Labute approximate surface area is 231 Å². The standard InChI is InChI=1S/C36H22N2S/c37-22-24-12-14-26(15-13-24)30-8-4-10-32-33-11-5-9-31(36(33)39-35(30)32)27-18-16-25(17-19-27)29-20-21-34(38-23-29)28-6-2-1-3-7-28/h1-21,23H. The Morgan fingerprint density at radius 2 is 1.05 bits per heavy atom. The summed E-state index contributed by atoms with van der Waals surface area (Å²) in [5, 5.41) is 11.7. The van der Waals surface area contributed by atoms with Crippen LogP contribution in [0.4, 0.5) is 0 Å². The molecule has 0 bridgehead atoms. The largest absolute Gasteiger partial charge is 0.256 e. The zero-order valence-corrected chi connectivity index (χ0v) is 21.8. The lowest BCUT2D eigenvalue weighted by Gasteiger charge is -2.07. The molecule has 7 aromatic rings. The van der Waals surface area contributed by atoms with Crippen molar-refractivity contribution in [3.05, 3.63) is 139 Å². The number of aromatic nitrogens is 1. The molecule has 0 atom stereocenters. The molecule has 0 radical (unpaired) electrons. The summed E-state index contributed by atoms with van der Waals surface area (Å²) in [4.78, 5) is 4.70. The molecule has 0 aliphatic rings. The summed E-state index contributed by atoms with van der Waals surface area (Å²) in [7, 11) is 0. The van der Waals surface area contributed by atoms with Crippen LogP contribution in [-0.2, 0) is 0 Å². The monoisotopic (exact) mass is 514 g/mol. The summed E-state index contributed by atoms with van der Waals surface area (Å²) >= 11 is 1.84. The fourth-order valence-corrected chi connectivity index (χ4v) is 6.56.